The number of nitrogens with zero attached hydrogens (tertiary/aromatic N) is 5. The number of alkyl carbamates (subject to hydrolysis) is 1. The molecule has 34 heavy (non-hydrogen) atoms. The summed E-state index contributed by atoms with van der Waals surface area (Å²) in [6, 6.07) is 11.3. The second kappa shape index (κ2) is 9.21. The second-order valence-corrected chi connectivity index (χ2v) is 9.63. The zero-order valence-corrected chi connectivity index (χ0v) is 20.0. The van der Waals surface area contributed by atoms with E-state index in [-0.39, 0.29) is 18.3 Å². The van der Waals surface area contributed by atoms with Crippen LogP contribution in [0.4, 0.5) is 10.5 Å². The number of fused-ring (bicyclic) bond motifs is 1. The number of pyridine rings is 1. The number of carbonyl (C=O) groups is 1. The Morgan fingerprint density at radius 3 is 2.79 bits per heavy atom. The van der Waals surface area contributed by atoms with E-state index in [2.05, 4.69) is 21.3 Å². The molecule has 1 saturated heterocycles. The molecule has 0 aliphatic carbocycles. The van der Waals surface area contributed by atoms with Crippen molar-refractivity contribution in [1.29, 1.82) is 5.26 Å². The van der Waals surface area contributed by atoms with Gasteiger partial charge in [0.15, 0.2) is 5.65 Å². The molecular weight excluding hydrogens is 432 g/mol. The van der Waals surface area contributed by atoms with Gasteiger partial charge in [-0.1, -0.05) is 18.2 Å². The number of carbonyl (C=O) groups excluding carboxylic acids is 1. The molecule has 1 atom stereocenters. The monoisotopic (exact) mass is 462 g/mol. The first kappa shape index (κ1) is 23.4. The molecule has 0 radical (unpaired) electrons. The highest BCUT2D eigenvalue weighted by Crippen LogP contribution is 2.28. The lowest BCUT2D eigenvalue weighted by Gasteiger charge is -2.35. The maximum absolute atomic E-state index is 13.2. The molecular formula is C25H30N6O3. The molecule has 0 saturated carbocycles. The Balaban J connectivity index is 1.68. The lowest BCUT2D eigenvalue weighted by Crippen LogP contribution is -2.49. The van der Waals surface area contributed by atoms with Gasteiger partial charge in [-0.2, -0.15) is 5.26 Å². The van der Waals surface area contributed by atoms with Crippen LogP contribution in [0.15, 0.2) is 41.3 Å². The Labute approximate surface area is 198 Å². The van der Waals surface area contributed by atoms with Gasteiger partial charge in [-0.3, -0.25) is 9.13 Å². The van der Waals surface area contributed by atoms with Gasteiger partial charge in [-0.15, -0.1) is 0 Å². The quantitative estimate of drug-likeness (QED) is 0.639. The number of ether oxygens (including phenoxy) is 1. The molecule has 0 bridgehead atoms. The third kappa shape index (κ3) is 4.76. The maximum Gasteiger partial charge on any atom is 0.407 e. The van der Waals surface area contributed by atoms with E-state index >= 15 is 0 Å². The molecule has 4 rings (SSSR count). The number of hydrogen-bond donors (Lipinski definition) is 1. The van der Waals surface area contributed by atoms with Crippen molar-refractivity contribution in [1.82, 2.24) is 19.4 Å². The Kier molecular flexibility index (Phi) is 6.33. The lowest BCUT2D eigenvalue weighted by atomic mass is 10.0. The van der Waals surface area contributed by atoms with E-state index in [4.69, 9.17) is 4.74 Å². The van der Waals surface area contributed by atoms with Gasteiger partial charge < -0.3 is 15.0 Å². The van der Waals surface area contributed by atoms with E-state index in [1.54, 1.807) is 23.9 Å². The third-order valence-corrected chi connectivity index (χ3v) is 5.94. The fraction of sp³-hybridized carbons (Fsp3) is 0.440. The van der Waals surface area contributed by atoms with Crippen molar-refractivity contribution >= 4 is 22.9 Å². The predicted octanol–water partition coefficient (Wildman–Crippen LogP) is 3.15. The number of rotatable bonds is 4. The van der Waals surface area contributed by atoms with Gasteiger partial charge in [0, 0.05) is 32.4 Å². The summed E-state index contributed by atoms with van der Waals surface area (Å²) in [5.41, 5.74) is 2.75. The number of anilines is 1. The van der Waals surface area contributed by atoms with Gasteiger partial charge in [0.05, 0.1) is 23.9 Å². The Hall–Kier alpha value is -3.80. The topological polar surface area (TPSA) is 105 Å². The molecule has 9 nitrogen and oxygen atoms in total. The highest BCUT2D eigenvalue weighted by molar-refractivity contribution is 5.87. The van der Waals surface area contributed by atoms with Gasteiger partial charge in [0.2, 0.25) is 0 Å². The zero-order chi connectivity index (χ0) is 24.5. The van der Waals surface area contributed by atoms with Gasteiger partial charge in [0.25, 0.3) is 0 Å². The van der Waals surface area contributed by atoms with E-state index in [0.29, 0.717) is 17.8 Å². The van der Waals surface area contributed by atoms with E-state index in [9.17, 15) is 14.9 Å². The van der Waals surface area contributed by atoms with Gasteiger partial charge in [-0.25, -0.2) is 14.6 Å². The summed E-state index contributed by atoms with van der Waals surface area (Å²) < 4.78 is 8.64. The first-order chi connectivity index (χ1) is 16.2. The van der Waals surface area contributed by atoms with Crippen LogP contribution in [-0.2, 0) is 18.3 Å². The summed E-state index contributed by atoms with van der Waals surface area (Å²) in [5.74, 6) is 0. The molecule has 1 amide bonds. The fourth-order valence-electron chi connectivity index (χ4n) is 4.43. The first-order valence-corrected chi connectivity index (χ1v) is 11.4. The number of amides is 1. The summed E-state index contributed by atoms with van der Waals surface area (Å²) in [5, 5.41) is 12.5. The molecule has 1 fully saturated rings. The van der Waals surface area contributed by atoms with Gasteiger partial charge in [0.1, 0.15) is 11.1 Å². The number of imidazole rings is 1. The number of nitrogens with one attached hydrogen (secondary N) is 1. The first-order valence-electron chi connectivity index (χ1n) is 11.4. The molecule has 1 aromatic carbocycles. The molecule has 0 spiro atoms. The van der Waals surface area contributed by atoms with Crippen molar-refractivity contribution in [3.63, 3.8) is 0 Å². The van der Waals surface area contributed by atoms with Crippen LogP contribution >= 0.6 is 0 Å². The highest BCUT2D eigenvalue weighted by atomic mass is 16.6. The van der Waals surface area contributed by atoms with Crippen LogP contribution in [0.1, 0.15) is 44.7 Å². The minimum Gasteiger partial charge on any atom is -0.444 e. The van der Waals surface area contributed by atoms with E-state index < -0.39 is 11.7 Å². The summed E-state index contributed by atoms with van der Waals surface area (Å²) >= 11 is 0. The summed E-state index contributed by atoms with van der Waals surface area (Å²) in [6.45, 7) is 7.18. The fourth-order valence-corrected chi connectivity index (χ4v) is 4.43. The van der Waals surface area contributed by atoms with Crippen molar-refractivity contribution in [3.05, 3.63) is 58.1 Å². The Morgan fingerprint density at radius 1 is 1.29 bits per heavy atom. The molecule has 3 aromatic rings. The SMILES string of the molecule is Cn1c(=O)n(Cc2ccccc2C#N)c2c(N3CCCC(NC(=O)OC(C)(C)C)C3)ccnc21. The Bertz CT molecular complexity index is 1310. The van der Waals surface area contributed by atoms with Gasteiger partial charge >= 0.3 is 11.8 Å². The van der Waals surface area contributed by atoms with Crippen molar-refractivity contribution < 1.29 is 9.53 Å². The number of benzene rings is 1. The molecule has 1 aliphatic heterocycles. The van der Waals surface area contributed by atoms with Crippen LogP contribution in [0.25, 0.3) is 11.2 Å². The van der Waals surface area contributed by atoms with Crippen LogP contribution < -0.4 is 15.9 Å². The summed E-state index contributed by atoms with van der Waals surface area (Å²) in [7, 11) is 1.71. The van der Waals surface area contributed by atoms with Crippen molar-refractivity contribution in [2.45, 2.75) is 51.8 Å². The molecule has 3 heterocycles. The Morgan fingerprint density at radius 2 is 2.06 bits per heavy atom. The van der Waals surface area contributed by atoms with Crippen LogP contribution in [0.3, 0.4) is 0 Å². The van der Waals surface area contributed by atoms with Crippen LogP contribution in [-0.4, -0.2) is 44.9 Å². The van der Waals surface area contributed by atoms with Gasteiger partial charge in [-0.05, 0) is 51.3 Å². The highest BCUT2D eigenvalue weighted by Gasteiger charge is 2.27. The summed E-state index contributed by atoms with van der Waals surface area (Å²) in [4.78, 5) is 32.1. The molecule has 1 aliphatic rings. The minimum absolute atomic E-state index is 0.0741. The average molecular weight is 463 g/mol. The standard InChI is InChI=1S/C25H30N6O3/c1-25(2,3)34-23(32)28-19-10-7-13-30(16-19)20-11-12-27-22-21(20)31(24(33)29(22)4)15-18-9-6-5-8-17(18)14-26/h5-6,8-9,11-12,19H,7,10,13,15-16H2,1-4H3,(H,28,32). The number of nitriles is 1. The second-order valence-electron chi connectivity index (χ2n) is 9.63. The normalized spacial score (nSPS) is 16.3. The molecule has 178 valence electrons. The molecule has 1 unspecified atom stereocenters. The summed E-state index contributed by atoms with van der Waals surface area (Å²) in [6.07, 6.45) is 3.01. The van der Waals surface area contributed by atoms with E-state index in [1.165, 1.54) is 4.57 Å². The van der Waals surface area contributed by atoms with Crippen molar-refractivity contribution in [2.75, 3.05) is 18.0 Å². The number of aromatic nitrogens is 3. The van der Waals surface area contributed by atoms with E-state index in [1.807, 2.05) is 45.0 Å². The molecule has 9 heteroatoms. The lowest BCUT2D eigenvalue weighted by molar-refractivity contribution is 0.0500. The smallest absolute Gasteiger partial charge is 0.407 e. The minimum atomic E-state index is -0.560. The largest absolute Gasteiger partial charge is 0.444 e. The van der Waals surface area contributed by atoms with Crippen molar-refractivity contribution in [3.8, 4) is 6.07 Å². The molecule has 1 N–H and O–H groups in total. The van der Waals surface area contributed by atoms with E-state index in [0.717, 1.165) is 36.2 Å². The third-order valence-electron chi connectivity index (χ3n) is 5.94. The maximum atomic E-state index is 13.2. The van der Waals surface area contributed by atoms with Crippen LogP contribution in [0.5, 0.6) is 0 Å². The zero-order valence-electron chi connectivity index (χ0n) is 20.0. The van der Waals surface area contributed by atoms with Crippen LogP contribution in [0, 0.1) is 11.3 Å². The number of piperidine rings is 1. The van der Waals surface area contributed by atoms with Crippen molar-refractivity contribution in [2.24, 2.45) is 7.05 Å². The predicted molar refractivity (Wildman–Crippen MR) is 130 cm³/mol. The van der Waals surface area contributed by atoms with Crippen LogP contribution in [0.2, 0.25) is 0 Å². The average Bonchev–Trinajstić information content (AvgIpc) is 3.03. The number of aryl methyl sites for hydroxylation is 1. The number of hydrogen-bond acceptors (Lipinski definition) is 6. The molecule has 2 aromatic heterocycles.